The molecule has 0 atom stereocenters. The molecule has 26 heavy (non-hydrogen) atoms. The van der Waals surface area contributed by atoms with Crippen LogP contribution in [0.15, 0.2) is 49.6 Å². The lowest BCUT2D eigenvalue weighted by molar-refractivity contribution is 0.442. The highest BCUT2D eigenvalue weighted by Gasteiger charge is 2.17. The molecule has 4 nitrogen and oxygen atoms in total. The Balaban J connectivity index is 1.87. The summed E-state index contributed by atoms with van der Waals surface area (Å²) in [4.78, 5) is 8.62. The maximum absolute atomic E-state index is 2.26. The second kappa shape index (κ2) is 7.32. The lowest BCUT2D eigenvalue weighted by Crippen LogP contribution is -2.21. The van der Waals surface area contributed by atoms with Crippen molar-refractivity contribution in [3.05, 3.63) is 83.0 Å². The molecule has 3 rings (SSSR count). The van der Waals surface area contributed by atoms with Crippen molar-refractivity contribution in [3.63, 3.8) is 0 Å². The Morgan fingerprint density at radius 3 is 1.04 bits per heavy atom. The highest BCUT2D eigenvalue weighted by Crippen LogP contribution is 2.29. The molecule has 0 radical (unpaired) electrons. The summed E-state index contributed by atoms with van der Waals surface area (Å²) in [5, 5.41) is 0. The normalized spacial score (nSPS) is 16.2. The van der Waals surface area contributed by atoms with Crippen molar-refractivity contribution in [2.24, 2.45) is 0 Å². The molecule has 0 aliphatic carbocycles. The fourth-order valence-corrected chi connectivity index (χ4v) is 3.48. The number of hydrogen-bond acceptors (Lipinski definition) is 4. The standard InChI is InChI=1S/C22H30N4/c1-17-18(2)22(16-26-13-9-24(6)10-14-26)20(4)19(3)21(17)15-25-11-7-23(5)8-12-25/h7-14H,15-16H2,1-6H3. The smallest absolute Gasteiger partial charge is 0.0476 e. The molecule has 2 aliphatic heterocycles. The van der Waals surface area contributed by atoms with Crippen LogP contribution in [-0.4, -0.2) is 33.7 Å². The minimum atomic E-state index is 0.911. The van der Waals surface area contributed by atoms with Crippen LogP contribution in [0.3, 0.4) is 0 Å². The fourth-order valence-electron chi connectivity index (χ4n) is 3.48. The number of rotatable bonds is 4. The molecule has 0 saturated heterocycles. The van der Waals surface area contributed by atoms with Gasteiger partial charge in [-0.15, -0.1) is 0 Å². The quantitative estimate of drug-likeness (QED) is 0.802. The molecule has 2 heterocycles. The van der Waals surface area contributed by atoms with E-state index in [1.54, 1.807) is 0 Å². The Kier molecular flexibility index (Phi) is 5.12. The first-order valence-electron chi connectivity index (χ1n) is 9.13. The van der Waals surface area contributed by atoms with Crippen LogP contribution in [0, 0.1) is 27.7 Å². The average Bonchev–Trinajstić information content (AvgIpc) is 2.64. The molecule has 1 aromatic rings. The highest BCUT2D eigenvalue weighted by atomic mass is 15.2. The topological polar surface area (TPSA) is 13.0 Å². The number of nitrogens with zero attached hydrogens (tertiary/aromatic N) is 4. The van der Waals surface area contributed by atoms with Crippen molar-refractivity contribution >= 4 is 0 Å². The van der Waals surface area contributed by atoms with E-state index in [0.29, 0.717) is 0 Å². The van der Waals surface area contributed by atoms with Gasteiger partial charge in [0.25, 0.3) is 0 Å². The third-order valence-electron chi connectivity index (χ3n) is 5.59. The Morgan fingerprint density at radius 1 is 0.500 bits per heavy atom. The molecule has 138 valence electrons. The second-order valence-corrected chi connectivity index (χ2v) is 7.33. The van der Waals surface area contributed by atoms with Gasteiger partial charge in [0.15, 0.2) is 0 Å². The average molecular weight is 351 g/mol. The Hall–Kier alpha value is -2.62. The zero-order chi connectivity index (χ0) is 18.8. The van der Waals surface area contributed by atoms with Crippen LogP contribution in [-0.2, 0) is 13.1 Å². The first kappa shape index (κ1) is 18.2. The van der Waals surface area contributed by atoms with Gasteiger partial charge in [0.2, 0.25) is 0 Å². The molecular formula is C22H30N4. The van der Waals surface area contributed by atoms with Crippen molar-refractivity contribution in [3.8, 4) is 0 Å². The summed E-state index contributed by atoms with van der Waals surface area (Å²) in [6.07, 6.45) is 16.9. The van der Waals surface area contributed by atoms with Crippen LogP contribution >= 0.6 is 0 Å². The maximum atomic E-state index is 2.26. The van der Waals surface area contributed by atoms with Crippen molar-refractivity contribution in [2.45, 2.75) is 40.8 Å². The van der Waals surface area contributed by atoms with Crippen LogP contribution in [0.2, 0.25) is 0 Å². The first-order chi connectivity index (χ1) is 12.4. The van der Waals surface area contributed by atoms with Crippen molar-refractivity contribution < 1.29 is 0 Å². The van der Waals surface area contributed by atoms with Gasteiger partial charge in [0.1, 0.15) is 0 Å². The number of hydrogen-bond donors (Lipinski definition) is 0. The van der Waals surface area contributed by atoms with Crippen LogP contribution in [0.1, 0.15) is 33.4 Å². The van der Waals surface area contributed by atoms with Gasteiger partial charge in [-0.25, -0.2) is 0 Å². The van der Waals surface area contributed by atoms with E-state index in [4.69, 9.17) is 0 Å². The molecule has 0 N–H and O–H groups in total. The molecule has 0 fully saturated rings. The lowest BCUT2D eigenvalue weighted by atomic mass is 9.88. The summed E-state index contributed by atoms with van der Waals surface area (Å²) in [5.74, 6) is 0. The van der Waals surface area contributed by atoms with E-state index < -0.39 is 0 Å². The van der Waals surface area contributed by atoms with Crippen LogP contribution in [0.25, 0.3) is 0 Å². The predicted octanol–water partition coefficient (Wildman–Crippen LogP) is 4.30. The Labute approximate surface area is 158 Å². The zero-order valence-electron chi connectivity index (χ0n) is 16.8. The van der Waals surface area contributed by atoms with E-state index in [1.165, 1.54) is 33.4 Å². The predicted molar refractivity (Wildman–Crippen MR) is 109 cm³/mol. The number of benzene rings is 1. The molecule has 0 bridgehead atoms. The molecule has 0 saturated carbocycles. The van der Waals surface area contributed by atoms with E-state index in [1.807, 2.05) is 14.1 Å². The van der Waals surface area contributed by atoms with E-state index in [9.17, 15) is 0 Å². The van der Waals surface area contributed by atoms with Gasteiger partial charge in [-0.05, 0) is 61.1 Å². The van der Waals surface area contributed by atoms with Gasteiger partial charge in [-0.2, -0.15) is 0 Å². The molecule has 0 aromatic heterocycles. The third kappa shape index (κ3) is 3.64. The molecule has 0 spiro atoms. The van der Waals surface area contributed by atoms with Crippen LogP contribution in [0.5, 0.6) is 0 Å². The van der Waals surface area contributed by atoms with Gasteiger partial charge in [0.05, 0.1) is 0 Å². The van der Waals surface area contributed by atoms with E-state index >= 15 is 0 Å². The van der Waals surface area contributed by atoms with Gasteiger partial charge in [-0.1, -0.05) is 0 Å². The van der Waals surface area contributed by atoms with Gasteiger partial charge < -0.3 is 19.6 Å². The van der Waals surface area contributed by atoms with Gasteiger partial charge in [0, 0.05) is 76.8 Å². The minimum Gasteiger partial charge on any atom is -0.354 e. The Bertz CT molecular complexity index is 677. The summed E-state index contributed by atoms with van der Waals surface area (Å²) >= 11 is 0. The summed E-state index contributed by atoms with van der Waals surface area (Å²) in [6.45, 7) is 10.9. The molecule has 0 unspecified atom stereocenters. The highest BCUT2D eigenvalue weighted by molar-refractivity contribution is 5.50. The minimum absolute atomic E-state index is 0.911. The van der Waals surface area contributed by atoms with Crippen molar-refractivity contribution in [2.75, 3.05) is 14.1 Å². The summed E-state index contributed by atoms with van der Waals surface area (Å²) in [5.41, 5.74) is 8.51. The van der Waals surface area contributed by atoms with Gasteiger partial charge >= 0.3 is 0 Å². The zero-order valence-corrected chi connectivity index (χ0v) is 16.8. The molecule has 2 aliphatic rings. The third-order valence-corrected chi connectivity index (χ3v) is 5.59. The molecule has 0 amide bonds. The first-order valence-corrected chi connectivity index (χ1v) is 9.13. The maximum Gasteiger partial charge on any atom is 0.0476 e. The fraction of sp³-hybridized carbons (Fsp3) is 0.364. The second-order valence-electron chi connectivity index (χ2n) is 7.33. The summed E-state index contributed by atoms with van der Waals surface area (Å²) < 4.78 is 0. The van der Waals surface area contributed by atoms with E-state index in [-0.39, 0.29) is 0 Å². The molecule has 4 heteroatoms. The van der Waals surface area contributed by atoms with Crippen molar-refractivity contribution in [1.82, 2.24) is 19.6 Å². The molecular weight excluding hydrogens is 320 g/mol. The lowest BCUT2D eigenvalue weighted by Gasteiger charge is -2.28. The van der Waals surface area contributed by atoms with Crippen LogP contribution in [0.4, 0.5) is 0 Å². The molecule has 1 aromatic carbocycles. The summed E-state index contributed by atoms with van der Waals surface area (Å²) in [7, 11) is 4.09. The van der Waals surface area contributed by atoms with Crippen molar-refractivity contribution in [1.29, 1.82) is 0 Å². The monoisotopic (exact) mass is 350 g/mol. The van der Waals surface area contributed by atoms with Gasteiger partial charge in [-0.3, -0.25) is 0 Å². The van der Waals surface area contributed by atoms with E-state index in [2.05, 4.69) is 96.9 Å². The summed E-state index contributed by atoms with van der Waals surface area (Å²) in [6, 6.07) is 0. The van der Waals surface area contributed by atoms with Crippen LogP contribution < -0.4 is 0 Å². The SMILES string of the molecule is Cc1c(C)c(CN2C=CN(C)C=C2)c(C)c(C)c1CN1C=CN(C)C=C1. The largest absolute Gasteiger partial charge is 0.354 e. The Morgan fingerprint density at radius 2 is 0.769 bits per heavy atom. The van der Waals surface area contributed by atoms with E-state index in [0.717, 1.165) is 13.1 Å².